The van der Waals surface area contributed by atoms with E-state index in [1.807, 2.05) is 0 Å². The van der Waals surface area contributed by atoms with E-state index in [0.717, 1.165) is 31.1 Å². The number of rotatable bonds is 3. The van der Waals surface area contributed by atoms with E-state index in [0.29, 0.717) is 11.7 Å². The summed E-state index contributed by atoms with van der Waals surface area (Å²) < 4.78 is 14.5. The number of pyridine rings is 2. The Morgan fingerprint density at radius 2 is 2.19 bits per heavy atom. The topological polar surface area (TPSA) is 72.9 Å². The Morgan fingerprint density at radius 3 is 2.86 bits per heavy atom. The number of nitrogens with one attached hydrogen (secondary N) is 1. The van der Waals surface area contributed by atoms with Crippen molar-refractivity contribution in [3.63, 3.8) is 0 Å². The Hall–Kier alpha value is -2.21. The lowest BCUT2D eigenvalue weighted by atomic mass is 10.2. The van der Waals surface area contributed by atoms with Gasteiger partial charge in [-0.3, -0.25) is 9.36 Å². The number of halogens is 1. The molecule has 2 aromatic rings. The van der Waals surface area contributed by atoms with Gasteiger partial charge in [-0.1, -0.05) is 0 Å². The summed E-state index contributed by atoms with van der Waals surface area (Å²) in [6.45, 7) is 0. The highest BCUT2D eigenvalue weighted by Crippen LogP contribution is 2.21. The lowest BCUT2D eigenvalue weighted by molar-refractivity contribution is 0.599. The summed E-state index contributed by atoms with van der Waals surface area (Å²) in [4.78, 5) is 16.0. The maximum absolute atomic E-state index is 13.3. The highest BCUT2D eigenvalue weighted by atomic mass is 19.1. The SMILES string of the molecule is N[C@H]1CC[C@H](Nc2ccc(-n3cccc(F)c3=O)cn2)C1. The standard InChI is InChI=1S/C15H17FN4O/c16-13-2-1-7-20(15(13)21)12-5-6-14(18-9-12)19-11-4-3-10(17)8-11/h1-2,5-7,9-11H,3-4,8,17H2,(H,18,19)/t10-,11-/m0/s1. The third-order valence-corrected chi connectivity index (χ3v) is 3.75. The van der Waals surface area contributed by atoms with Gasteiger partial charge in [-0.15, -0.1) is 0 Å². The van der Waals surface area contributed by atoms with Crippen LogP contribution in [0.25, 0.3) is 5.69 Å². The monoisotopic (exact) mass is 288 g/mol. The average Bonchev–Trinajstić information content (AvgIpc) is 2.88. The van der Waals surface area contributed by atoms with Gasteiger partial charge in [0.1, 0.15) is 5.82 Å². The molecule has 1 saturated carbocycles. The molecule has 1 fully saturated rings. The summed E-state index contributed by atoms with van der Waals surface area (Å²) in [6, 6.07) is 6.76. The Bertz CT molecular complexity index is 683. The second-order valence-electron chi connectivity index (χ2n) is 5.35. The van der Waals surface area contributed by atoms with E-state index in [4.69, 9.17) is 5.73 Å². The lowest BCUT2D eigenvalue weighted by Gasteiger charge is -2.13. The van der Waals surface area contributed by atoms with E-state index in [1.165, 1.54) is 16.8 Å². The number of anilines is 1. The van der Waals surface area contributed by atoms with Gasteiger partial charge in [-0.2, -0.15) is 0 Å². The van der Waals surface area contributed by atoms with Gasteiger partial charge in [-0.25, -0.2) is 9.37 Å². The van der Waals surface area contributed by atoms with Crippen LogP contribution in [0.2, 0.25) is 0 Å². The zero-order valence-electron chi connectivity index (χ0n) is 11.5. The van der Waals surface area contributed by atoms with Crippen LogP contribution in [0.5, 0.6) is 0 Å². The molecule has 0 aliphatic heterocycles. The smallest absolute Gasteiger partial charge is 0.291 e. The van der Waals surface area contributed by atoms with E-state index in [1.54, 1.807) is 18.3 Å². The van der Waals surface area contributed by atoms with Crippen LogP contribution in [-0.4, -0.2) is 21.6 Å². The third-order valence-electron chi connectivity index (χ3n) is 3.75. The van der Waals surface area contributed by atoms with Crippen LogP contribution in [0.3, 0.4) is 0 Å². The first-order chi connectivity index (χ1) is 10.1. The van der Waals surface area contributed by atoms with Crippen molar-refractivity contribution in [2.45, 2.75) is 31.3 Å². The first-order valence-corrected chi connectivity index (χ1v) is 6.99. The van der Waals surface area contributed by atoms with Crippen LogP contribution >= 0.6 is 0 Å². The van der Waals surface area contributed by atoms with Gasteiger partial charge in [-0.05, 0) is 43.5 Å². The van der Waals surface area contributed by atoms with E-state index >= 15 is 0 Å². The summed E-state index contributed by atoms with van der Waals surface area (Å²) in [7, 11) is 0. The van der Waals surface area contributed by atoms with Crippen molar-refractivity contribution >= 4 is 5.82 Å². The number of aromatic nitrogens is 2. The Kier molecular flexibility index (Phi) is 3.70. The van der Waals surface area contributed by atoms with Gasteiger partial charge in [0.2, 0.25) is 0 Å². The second kappa shape index (κ2) is 5.65. The minimum absolute atomic E-state index is 0.257. The second-order valence-corrected chi connectivity index (χ2v) is 5.35. The summed E-state index contributed by atoms with van der Waals surface area (Å²) in [5.41, 5.74) is 5.73. The Morgan fingerprint density at radius 1 is 1.33 bits per heavy atom. The van der Waals surface area contributed by atoms with E-state index in [-0.39, 0.29) is 6.04 Å². The molecule has 0 spiro atoms. The zero-order chi connectivity index (χ0) is 14.8. The Labute approximate surface area is 121 Å². The minimum atomic E-state index is -0.778. The summed E-state index contributed by atoms with van der Waals surface area (Å²) in [5, 5.41) is 3.32. The zero-order valence-corrected chi connectivity index (χ0v) is 11.5. The molecule has 2 heterocycles. The van der Waals surface area contributed by atoms with Crippen molar-refractivity contribution in [1.29, 1.82) is 0 Å². The molecule has 21 heavy (non-hydrogen) atoms. The molecule has 110 valence electrons. The lowest BCUT2D eigenvalue weighted by Crippen LogP contribution is -2.22. The Balaban J connectivity index is 1.78. The molecule has 0 bridgehead atoms. The van der Waals surface area contributed by atoms with Crippen molar-refractivity contribution in [3.05, 3.63) is 52.8 Å². The van der Waals surface area contributed by atoms with Gasteiger partial charge in [0.25, 0.3) is 5.56 Å². The predicted octanol–water partition coefficient (Wildman–Crippen LogP) is 1.66. The third kappa shape index (κ3) is 2.95. The molecule has 3 rings (SSSR count). The van der Waals surface area contributed by atoms with E-state index in [9.17, 15) is 9.18 Å². The number of nitrogens with zero attached hydrogens (tertiary/aromatic N) is 2. The van der Waals surface area contributed by atoms with Gasteiger partial charge >= 0.3 is 0 Å². The molecule has 0 amide bonds. The highest BCUT2D eigenvalue weighted by Gasteiger charge is 2.21. The molecule has 2 aromatic heterocycles. The van der Waals surface area contributed by atoms with E-state index < -0.39 is 11.4 Å². The molecule has 0 aromatic carbocycles. The van der Waals surface area contributed by atoms with Crippen molar-refractivity contribution in [1.82, 2.24) is 9.55 Å². The number of hydrogen-bond donors (Lipinski definition) is 2. The van der Waals surface area contributed by atoms with Gasteiger partial charge in [0, 0.05) is 18.3 Å². The molecule has 1 aliphatic rings. The quantitative estimate of drug-likeness (QED) is 0.901. The molecule has 1 aliphatic carbocycles. The normalized spacial score (nSPS) is 21.4. The summed E-state index contributed by atoms with van der Waals surface area (Å²) >= 11 is 0. The van der Waals surface area contributed by atoms with Crippen molar-refractivity contribution < 1.29 is 4.39 Å². The van der Waals surface area contributed by atoms with E-state index in [2.05, 4.69) is 10.3 Å². The van der Waals surface area contributed by atoms with Gasteiger partial charge < -0.3 is 11.1 Å². The van der Waals surface area contributed by atoms with Crippen molar-refractivity contribution in [2.24, 2.45) is 5.73 Å². The molecule has 5 nitrogen and oxygen atoms in total. The van der Waals surface area contributed by atoms with Gasteiger partial charge in [0.15, 0.2) is 5.82 Å². The maximum Gasteiger partial charge on any atom is 0.291 e. The average molecular weight is 288 g/mol. The van der Waals surface area contributed by atoms with Crippen LogP contribution < -0.4 is 16.6 Å². The minimum Gasteiger partial charge on any atom is -0.367 e. The predicted molar refractivity (Wildman–Crippen MR) is 79.0 cm³/mol. The fourth-order valence-electron chi connectivity index (χ4n) is 2.64. The van der Waals surface area contributed by atoms with Crippen molar-refractivity contribution in [2.75, 3.05) is 5.32 Å². The molecular formula is C15H17FN4O. The first kappa shape index (κ1) is 13.8. The number of nitrogens with two attached hydrogens (primary N) is 1. The van der Waals surface area contributed by atoms with Crippen LogP contribution in [0.15, 0.2) is 41.5 Å². The molecule has 0 unspecified atom stereocenters. The van der Waals surface area contributed by atoms with Crippen LogP contribution in [0.1, 0.15) is 19.3 Å². The molecular weight excluding hydrogens is 271 g/mol. The molecule has 3 N–H and O–H groups in total. The first-order valence-electron chi connectivity index (χ1n) is 6.99. The van der Waals surface area contributed by atoms with Crippen molar-refractivity contribution in [3.8, 4) is 5.69 Å². The fraction of sp³-hybridized carbons (Fsp3) is 0.333. The molecule has 0 saturated heterocycles. The summed E-state index contributed by atoms with van der Waals surface area (Å²) in [5.74, 6) is -0.0399. The van der Waals surface area contributed by atoms with Crippen LogP contribution in [0, 0.1) is 5.82 Å². The maximum atomic E-state index is 13.3. The van der Waals surface area contributed by atoms with Gasteiger partial charge in [0.05, 0.1) is 11.9 Å². The van der Waals surface area contributed by atoms with Crippen LogP contribution in [-0.2, 0) is 0 Å². The number of hydrogen-bond acceptors (Lipinski definition) is 4. The molecule has 6 heteroatoms. The largest absolute Gasteiger partial charge is 0.367 e. The summed E-state index contributed by atoms with van der Waals surface area (Å²) in [6.07, 6.45) is 6.07. The fourth-order valence-corrected chi connectivity index (χ4v) is 2.64. The highest BCUT2D eigenvalue weighted by molar-refractivity contribution is 5.41. The molecule has 0 radical (unpaired) electrons. The van der Waals surface area contributed by atoms with Crippen LogP contribution in [0.4, 0.5) is 10.2 Å². The molecule has 2 atom stereocenters.